The summed E-state index contributed by atoms with van der Waals surface area (Å²) in [5, 5.41) is 3.51. The molecule has 0 radical (unpaired) electrons. The van der Waals surface area contributed by atoms with Crippen molar-refractivity contribution in [2.24, 2.45) is 5.92 Å². The van der Waals surface area contributed by atoms with E-state index in [1.54, 1.807) is 0 Å². The summed E-state index contributed by atoms with van der Waals surface area (Å²) in [6.07, 6.45) is 11.4. The second-order valence-corrected chi connectivity index (χ2v) is 6.84. The number of carbonyl (C=O) groups is 1. The maximum Gasteiger partial charge on any atom is 0.239 e. The molecular weight excluding hydrogens is 236 g/mol. The van der Waals surface area contributed by atoms with Crippen molar-refractivity contribution in [1.82, 2.24) is 10.2 Å². The average Bonchev–Trinajstić information content (AvgIpc) is 3.08. The molecule has 3 nitrogen and oxygen atoms in total. The van der Waals surface area contributed by atoms with E-state index in [1.807, 2.05) is 0 Å². The molecule has 3 atom stereocenters. The first-order valence-corrected chi connectivity index (χ1v) is 8.32. The topological polar surface area (TPSA) is 32.3 Å². The number of amides is 1. The maximum atomic E-state index is 12.8. The van der Waals surface area contributed by atoms with Gasteiger partial charge in [-0.25, -0.2) is 0 Å². The van der Waals surface area contributed by atoms with Crippen LogP contribution in [0.1, 0.15) is 64.7 Å². The monoisotopic (exact) mass is 264 g/mol. The minimum absolute atomic E-state index is 0.103. The average molecular weight is 264 g/mol. The van der Waals surface area contributed by atoms with Gasteiger partial charge >= 0.3 is 0 Å². The molecule has 1 N–H and O–H groups in total. The van der Waals surface area contributed by atoms with E-state index in [2.05, 4.69) is 17.1 Å². The molecule has 1 aliphatic carbocycles. The Bertz CT molecular complexity index is 325. The predicted octanol–water partition coefficient (Wildman–Crippen LogP) is 2.70. The molecule has 3 fully saturated rings. The number of nitrogens with one attached hydrogen (secondary N) is 1. The van der Waals surface area contributed by atoms with Gasteiger partial charge in [-0.15, -0.1) is 0 Å². The summed E-state index contributed by atoms with van der Waals surface area (Å²) < 4.78 is 0. The van der Waals surface area contributed by atoms with Crippen LogP contribution in [0.3, 0.4) is 0 Å². The second kappa shape index (κ2) is 5.82. The lowest BCUT2D eigenvalue weighted by Gasteiger charge is -2.35. The Hall–Kier alpha value is -0.570. The molecule has 1 saturated carbocycles. The summed E-state index contributed by atoms with van der Waals surface area (Å²) in [4.78, 5) is 15.0. The zero-order chi connectivity index (χ0) is 13.2. The maximum absolute atomic E-state index is 12.8. The SMILES string of the molecule is CC1CCCC(C(=O)N2CCCC2C2CCCC2)N1. The van der Waals surface area contributed by atoms with Gasteiger partial charge in [-0.2, -0.15) is 0 Å². The third kappa shape index (κ3) is 2.81. The fourth-order valence-corrected chi connectivity index (χ4v) is 4.43. The van der Waals surface area contributed by atoms with Crippen LogP contribution >= 0.6 is 0 Å². The molecule has 19 heavy (non-hydrogen) atoms. The van der Waals surface area contributed by atoms with Crippen LogP contribution in [0.4, 0.5) is 0 Å². The van der Waals surface area contributed by atoms with Crippen LogP contribution in [0.25, 0.3) is 0 Å². The molecule has 3 heteroatoms. The second-order valence-electron chi connectivity index (χ2n) is 6.84. The molecule has 0 aromatic rings. The Morgan fingerprint density at radius 1 is 1.00 bits per heavy atom. The highest BCUT2D eigenvalue weighted by Crippen LogP contribution is 2.36. The van der Waals surface area contributed by atoms with E-state index >= 15 is 0 Å². The number of hydrogen-bond acceptors (Lipinski definition) is 2. The third-order valence-corrected chi connectivity index (χ3v) is 5.44. The van der Waals surface area contributed by atoms with Crippen molar-refractivity contribution in [2.75, 3.05) is 6.54 Å². The number of likely N-dealkylation sites (tertiary alicyclic amines) is 1. The van der Waals surface area contributed by atoms with Gasteiger partial charge in [0.15, 0.2) is 0 Å². The molecule has 3 aliphatic rings. The number of hydrogen-bond donors (Lipinski definition) is 1. The van der Waals surface area contributed by atoms with E-state index in [0.717, 1.165) is 18.9 Å². The fraction of sp³-hybridized carbons (Fsp3) is 0.938. The highest BCUT2D eigenvalue weighted by atomic mass is 16.2. The first-order chi connectivity index (χ1) is 9.25. The van der Waals surface area contributed by atoms with Crippen molar-refractivity contribution >= 4 is 5.91 Å². The van der Waals surface area contributed by atoms with Gasteiger partial charge in [0.05, 0.1) is 6.04 Å². The Balaban J connectivity index is 1.64. The molecule has 2 saturated heterocycles. The Kier molecular flexibility index (Phi) is 4.11. The van der Waals surface area contributed by atoms with E-state index in [1.165, 1.54) is 51.4 Å². The molecule has 2 aliphatic heterocycles. The van der Waals surface area contributed by atoms with Gasteiger partial charge in [-0.05, 0) is 57.8 Å². The quantitative estimate of drug-likeness (QED) is 0.831. The standard InChI is InChI=1S/C16H28N2O/c1-12-6-4-9-14(17-12)16(19)18-11-5-10-15(18)13-7-2-3-8-13/h12-15,17H,2-11H2,1H3. The smallest absolute Gasteiger partial charge is 0.239 e. The van der Waals surface area contributed by atoms with Gasteiger partial charge in [-0.1, -0.05) is 12.8 Å². The zero-order valence-electron chi connectivity index (χ0n) is 12.2. The number of nitrogens with zero attached hydrogens (tertiary/aromatic N) is 1. The predicted molar refractivity (Wildman–Crippen MR) is 76.9 cm³/mol. The van der Waals surface area contributed by atoms with E-state index in [0.29, 0.717) is 18.0 Å². The van der Waals surface area contributed by atoms with Crippen LogP contribution in [-0.4, -0.2) is 35.5 Å². The van der Waals surface area contributed by atoms with Gasteiger partial charge in [0.2, 0.25) is 5.91 Å². The summed E-state index contributed by atoms with van der Waals surface area (Å²) >= 11 is 0. The first kappa shape index (κ1) is 13.4. The minimum Gasteiger partial charge on any atom is -0.338 e. The minimum atomic E-state index is 0.103. The number of rotatable bonds is 2. The first-order valence-electron chi connectivity index (χ1n) is 8.32. The highest BCUT2D eigenvalue weighted by molar-refractivity contribution is 5.82. The molecule has 3 rings (SSSR count). The zero-order valence-corrected chi connectivity index (χ0v) is 12.2. The largest absolute Gasteiger partial charge is 0.338 e. The molecule has 2 heterocycles. The van der Waals surface area contributed by atoms with Crippen LogP contribution < -0.4 is 5.32 Å². The van der Waals surface area contributed by atoms with Crippen molar-refractivity contribution < 1.29 is 4.79 Å². The number of piperidine rings is 1. The molecule has 108 valence electrons. The van der Waals surface area contributed by atoms with Gasteiger partial charge < -0.3 is 10.2 Å². The summed E-state index contributed by atoms with van der Waals surface area (Å²) in [6.45, 7) is 3.21. The summed E-state index contributed by atoms with van der Waals surface area (Å²) in [5.41, 5.74) is 0. The van der Waals surface area contributed by atoms with Crippen molar-refractivity contribution in [2.45, 2.75) is 82.8 Å². The van der Waals surface area contributed by atoms with Crippen LogP contribution in [0.5, 0.6) is 0 Å². The van der Waals surface area contributed by atoms with Gasteiger partial charge in [-0.3, -0.25) is 4.79 Å². The Morgan fingerprint density at radius 3 is 2.53 bits per heavy atom. The molecule has 0 aromatic heterocycles. The Morgan fingerprint density at radius 2 is 1.79 bits per heavy atom. The lowest BCUT2D eigenvalue weighted by Crippen LogP contribution is -2.53. The lowest BCUT2D eigenvalue weighted by atomic mass is 9.94. The lowest BCUT2D eigenvalue weighted by molar-refractivity contribution is -0.136. The van der Waals surface area contributed by atoms with Gasteiger partial charge in [0, 0.05) is 18.6 Å². The van der Waals surface area contributed by atoms with Gasteiger partial charge in [0.25, 0.3) is 0 Å². The third-order valence-electron chi connectivity index (χ3n) is 5.44. The normalized spacial score (nSPS) is 36.9. The van der Waals surface area contributed by atoms with Gasteiger partial charge in [0.1, 0.15) is 0 Å². The molecule has 0 aromatic carbocycles. The van der Waals surface area contributed by atoms with E-state index < -0.39 is 0 Å². The summed E-state index contributed by atoms with van der Waals surface area (Å²) in [5.74, 6) is 1.20. The van der Waals surface area contributed by atoms with E-state index in [4.69, 9.17) is 0 Å². The molecule has 1 amide bonds. The van der Waals surface area contributed by atoms with Crippen LogP contribution in [0.15, 0.2) is 0 Å². The van der Waals surface area contributed by atoms with Crippen molar-refractivity contribution in [3.8, 4) is 0 Å². The molecular formula is C16H28N2O. The van der Waals surface area contributed by atoms with Crippen molar-refractivity contribution in [1.29, 1.82) is 0 Å². The fourth-order valence-electron chi connectivity index (χ4n) is 4.43. The highest BCUT2D eigenvalue weighted by Gasteiger charge is 2.38. The molecule has 0 bridgehead atoms. The van der Waals surface area contributed by atoms with Crippen LogP contribution in [0.2, 0.25) is 0 Å². The van der Waals surface area contributed by atoms with E-state index in [-0.39, 0.29) is 6.04 Å². The van der Waals surface area contributed by atoms with Crippen molar-refractivity contribution in [3.63, 3.8) is 0 Å². The van der Waals surface area contributed by atoms with Crippen LogP contribution in [0, 0.1) is 5.92 Å². The summed E-state index contributed by atoms with van der Waals surface area (Å²) in [7, 11) is 0. The van der Waals surface area contributed by atoms with E-state index in [9.17, 15) is 4.79 Å². The summed E-state index contributed by atoms with van der Waals surface area (Å²) in [6, 6.07) is 1.18. The Labute approximate surface area is 117 Å². The molecule has 0 spiro atoms. The van der Waals surface area contributed by atoms with Crippen LogP contribution in [-0.2, 0) is 4.79 Å². The van der Waals surface area contributed by atoms with Crippen molar-refractivity contribution in [3.05, 3.63) is 0 Å². The molecule has 3 unspecified atom stereocenters. The number of carbonyl (C=O) groups excluding carboxylic acids is 1.